The first-order valence-electron chi connectivity index (χ1n) is 6.68. The van der Waals surface area contributed by atoms with Crippen LogP contribution in [-0.4, -0.2) is 29.2 Å². The molecule has 0 saturated carbocycles. The van der Waals surface area contributed by atoms with E-state index in [1.54, 1.807) is 16.8 Å². The van der Waals surface area contributed by atoms with E-state index in [0.29, 0.717) is 11.3 Å². The molecule has 6 heteroatoms. The molecule has 0 bridgehead atoms. The molecule has 0 amide bonds. The molecule has 0 atom stereocenters. The molecule has 0 aliphatic carbocycles. The van der Waals surface area contributed by atoms with E-state index in [4.69, 9.17) is 0 Å². The van der Waals surface area contributed by atoms with Gasteiger partial charge in [-0.15, -0.1) is 5.10 Å². The molecule has 1 heterocycles. The third-order valence-electron chi connectivity index (χ3n) is 3.08. The van der Waals surface area contributed by atoms with Crippen molar-refractivity contribution in [3.05, 3.63) is 41.7 Å². The molecule has 0 aliphatic rings. The summed E-state index contributed by atoms with van der Waals surface area (Å²) in [5.74, 6) is 0.200. The van der Waals surface area contributed by atoms with Gasteiger partial charge in [0.05, 0.1) is 16.3 Å². The largest absolute Gasteiger partial charge is 0.255 e. The molecule has 0 unspecified atom stereocenters. The average molecular weight is 293 g/mol. The zero-order valence-electron chi connectivity index (χ0n) is 11.8. The standard InChI is InChI=1S/C14H19N3O2S/c1-3-10-20(18,19)14-8-5-12(6-9-14)4-7-13-11-17(2)16-15-13/h5-6,8-9,11H,3-4,7,10H2,1-2H3. The van der Waals surface area contributed by atoms with Gasteiger partial charge in [0, 0.05) is 13.2 Å². The Bertz CT molecular complexity index is 660. The first-order chi connectivity index (χ1) is 9.51. The second kappa shape index (κ2) is 6.17. The maximum absolute atomic E-state index is 11.9. The van der Waals surface area contributed by atoms with Crippen LogP contribution in [0.1, 0.15) is 24.6 Å². The van der Waals surface area contributed by atoms with Gasteiger partial charge in [0.15, 0.2) is 9.84 Å². The van der Waals surface area contributed by atoms with Gasteiger partial charge >= 0.3 is 0 Å². The zero-order chi connectivity index (χ0) is 14.6. The molecule has 1 aromatic heterocycles. The van der Waals surface area contributed by atoms with Gasteiger partial charge in [-0.05, 0) is 37.0 Å². The number of sulfone groups is 1. The van der Waals surface area contributed by atoms with Gasteiger partial charge in [-0.25, -0.2) is 8.42 Å². The van der Waals surface area contributed by atoms with Gasteiger partial charge in [0.2, 0.25) is 0 Å². The molecule has 0 radical (unpaired) electrons. The second-order valence-corrected chi connectivity index (χ2v) is 6.96. The van der Waals surface area contributed by atoms with Crippen LogP contribution in [0.4, 0.5) is 0 Å². The predicted molar refractivity (Wildman–Crippen MR) is 77.2 cm³/mol. The number of aryl methyl sites for hydroxylation is 3. The Morgan fingerprint density at radius 2 is 1.85 bits per heavy atom. The van der Waals surface area contributed by atoms with E-state index >= 15 is 0 Å². The SMILES string of the molecule is CCCS(=O)(=O)c1ccc(CCc2cn(C)nn2)cc1. The summed E-state index contributed by atoms with van der Waals surface area (Å²) in [7, 11) is -1.28. The molecule has 0 aliphatic heterocycles. The highest BCUT2D eigenvalue weighted by molar-refractivity contribution is 7.91. The lowest BCUT2D eigenvalue weighted by molar-refractivity contribution is 0.594. The van der Waals surface area contributed by atoms with E-state index in [2.05, 4.69) is 10.3 Å². The molecule has 5 nitrogen and oxygen atoms in total. The van der Waals surface area contributed by atoms with E-state index in [0.717, 1.165) is 24.1 Å². The molecule has 0 saturated heterocycles. The highest BCUT2D eigenvalue weighted by atomic mass is 32.2. The number of nitrogens with zero attached hydrogens (tertiary/aromatic N) is 3. The van der Waals surface area contributed by atoms with E-state index in [1.807, 2.05) is 32.3 Å². The Labute approximate surface area is 119 Å². The lowest BCUT2D eigenvalue weighted by Gasteiger charge is -2.04. The van der Waals surface area contributed by atoms with Crippen molar-refractivity contribution in [3.63, 3.8) is 0 Å². The van der Waals surface area contributed by atoms with E-state index in [9.17, 15) is 8.42 Å². The van der Waals surface area contributed by atoms with Crippen LogP contribution in [-0.2, 0) is 29.7 Å². The van der Waals surface area contributed by atoms with Crippen molar-refractivity contribution in [2.75, 3.05) is 5.75 Å². The Kier molecular flexibility index (Phi) is 4.54. The normalized spacial score (nSPS) is 11.7. The third kappa shape index (κ3) is 3.66. The van der Waals surface area contributed by atoms with Crippen LogP contribution in [0.3, 0.4) is 0 Å². The number of hydrogen-bond donors (Lipinski definition) is 0. The van der Waals surface area contributed by atoms with Gasteiger partial charge in [-0.1, -0.05) is 24.3 Å². The fraction of sp³-hybridized carbons (Fsp3) is 0.429. The zero-order valence-corrected chi connectivity index (χ0v) is 12.6. The molecular formula is C14H19N3O2S. The summed E-state index contributed by atoms with van der Waals surface area (Å²) in [4.78, 5) is 0.405. The molecule has 20 heavy (non-hydrogen) atoms. The number of aromatic nitrogens is 3. The first-order valence-corrected chi connectivity index (χ1v) is 8.33. The van der Waals surface area contributed by atoms with Crippen molar-refractivity contribution < 1.29 is 8.42 Å². The Morgan fingerprint density at radius 3 is 2.40 bits per heavy atom. The van der Waals surface area contributed by atoms with Crippen LogP contribution in [0, 0.1) is 0 Å². The molecule has 0 fully saturated rings. The monoisotopic (exact) mass is 293 g/mol. The maximum atomic E-state index is 11.9. The second-order valence-electron chi connectivity index (χ2n) is 4.85. The lowest BCUT2D eigenvalue weighted by atomic mass is 10.1. The Morgan fingerprint density at radius 1 is 1.15 bits per heavy atom. The number of hydrogen-bond acceptors (Lipinski definition) is 4. The lowest BCUT2D eigenvalue weighted by Crippen LogP contribution is -2.05. The minimum absolute atomic E-state index is 0.200. The minimum Gasteiger partial charge on any atom is -0.255 e. The maximum Gasteiger partial charge on any atom is 0.178 e. The highest BCUT2D eigenvalue weighted by Crippen LogP contribution is 2.14. The molecule has 1 aromatic carbocycles. The van der Waals surface area contributed by atoms with Crippen molar-refractivity contribution in [2.45, 2.75) is 31.1 Å². The smallest absolute Gasteiger partial charge is 0.178 e. The van der Waals surface area contributed by atoms with Gasteiger partial charge < -0.3 is 0 Å². The fourth-order valence-corrected chi connectivity index (χ4v) is 3.36. The Balaban J connectivity index is 2.01. The topological polar surface area (TPSA) is 64.8 Å². The van der Waals surface area contributed by atoms with Crippen molar-refractivity contribution in [2.24, 2.45) is 7.05 Å². The van der Waals surface area contributed by atoms with Crippen molar-refractivity contribution in [1.29, 1.82) is 0 Å². The van der Waals surface area contributed by atoms with Crippen LogP contribution in [0.15, 0.2) is 35.4 Å². The first kappa shape index (κ1) is 14.7. The molecule has 0 spiro atoms. The van der Waals surface area contributed by atoms with Crippen LogP contribution >= 0.6 is 0 Å². The Hall–Kier alpha value is -1.69. The van der Waals surface area contributed by atoms with Crippen LogP contribution in [0.5, 0.6) is 0 Å². The molecule has 2 rings (SSSR count). The number of benzene rings is 1. The van der Waals surface area contributed by atoms with Gasteiger partial charge in [0.25, 0.3) is 0 Å². The number of rotatable bonds is 6. The summed E-state index contributed by atoms with van der Waals surface area (Å²) in [6, 6.07) is 7.13. The van der Waals surface area contributed by atoms with Crippen molar-refractivity contribution in [3.8, 4) is 0 Å². The molecule has 0 N–H and O–H groups in total. The summed E-state index contributed by atoms with van der Waals surface area (Å²) in [6.45, 7) is 1.87. The summed E-state index contributed by atoms with van der Waals surface area (Å²) in [5, 5.41) is 7.91. The van der Waals surface area contributed by atoms with Crippen LogP contribution in [0.2, 0.25) is 0 Å². The van der Waals surface area contributed by atoms with Crippen LogP contribution < -0.4 is 0 Å². The highest BCUT2D eigenvalue weighted by Gasteiger charge is 2.12. The average Bonchev–Trinajstić information content (AvgIpc) is 2.83. The van der Waals surface area contributed by atoms with Gasteiger partial charge in [-0.3, -0.25) is 4.68 Å². The molecule has 2 aromatic rings. The van der Waals surface area contributed by atoms with Crippen molar-refractivity contribution in [1.82, 2.24) is 15.0 Å². The molecule has 108 valence electrons. The van der Waals surface area contributed by atoms with Crippen molar-refractivity contribution >= 4 is 9.84 Å². The van der Waals surface area contributed by atoms with Gasteiger partial charge in [0.1, 0.15) is 0 Å². The molecular weight excluding hydrogens is 274 g/mol. The summed E-state index contributed by atoms with van der Waals surface area (Å²) in [6.07, 6.45) is 4.15. The fourth-order valence-electron chi connectivity index (χ4n) is 2.03. The van der Waals surface area contributed by atoms with Crippen LogP contribution in [0.25, 0.3) is 0 Å². The summed E-state index contributed by atoms with van der Waals surface area (Å²) in [5.41, 5.74) is 2.04. The van der Waals surface area contributed by atoms with E-state index < -0.39 is 9.84 Å². The van der Waals surface area contributed by atoms with E-state index in [-0.39, 0.29) is 5.75 Å². The van der Waals surface area contributed by atoms with E-state index in [1.165, 1.54) is 0 Å². The summed E-state index contributed by atoms with van der Waals surface area (Å²) >= 11 is 0. The van der Waals surface area contributed by atoms with Gasteiger partial charge in [-0.2, -0.15) is 0 Å². The predicted octanol–water partition coefficient (Wildman–Crippen LogP) is 1.78. The quantitative estimate of drug-likeness (QED) is 0.814. The third-order valence-corrected chi connectivity index (χ3v) is 5.01. The minimum atomic E-state index is -3.12. The summed E-state index contributed by atoms with van der Waals surface area (Å²) < 4.78 is 25.5.